The van der Waals surface area contributed by atoms with E-state index in [9.17, 15) is 36.6 Å². The van der Waals surface area contributed by atoms with Gasteiger partial charge in [-0.1, -0.05) is 31.2 Å². The average molecular weight is 585 g/mol. The Morgan fingerprint density at radius 1 is 1.12 bits per heavy atom. The van der Waals surface area contributed by atoms with Crippen molar-refractivity contribution in [1.82, 2.24) is 9.62 Å². The number of carboxylic acid groups (broad SMARTS) is 1. The minimum Gasteiger partial charge on any atom is -0.481 e. The van der Waals surface area contributed by atoms with E-state index in [2.05, 4.69) is 17.4 Å². The molecular formula is C29H39F3N2O5S. The van der Waals surface area contributed by atoms with Gasteiger partial charge in [0.2, 0.25) is 10.0 Å². The van der Waals surface area contributed by atoms with E-state index in [1.807, 2.05) is 26.0 Å². The summed E-state index contributed by atoms with van der Waals surface area (Å²) in [7, 11) is -3.21. The fraction of sp³-hybridized carbons (Fsp3) is 0.552. The predicted octanol–water partition coefficient (Wildman–Crippen LogP) is 4.51. The number of aliphatic hydroxyl groups is 1. The molecule has 1 aliphatic rings. The van der Waals surface area contributed by atoms with Crippen molar-refractivity contribution in [3.05, 3.63) is 64.7 Å². The molecule has 7 nitrogen and oxygen atoms in total. The number of hydrogen-bond donors (Lipinski definition) is 3. The zero-order chi connectivity index (χ0) is 29.9. The van der Waals surface area contributed by atoms with Crippen molar-refractivity contribution in [3.8, 4) is 0 Å². The van der Waals surface area contributed by atoms with Crippen LogP contribution in [0.15, 0.2) is 47.4 Å². The number of rotatable bonds is 13. The highest BCUT2D eigenvalue weighted by atomic mass is 32.2. The maximum atomic E-state index is 13.6. The summed E-state index contributed by atoms with van der Waals surface area (Å²) in [4.78, 5) is 10.8. The van der Waals surface area contributed by atoms with E-state index in [0.717, 1.165) is 35.7 Å². The van der Waals surface area contributed by atoms with Crippen LogP contribution in [0.4, 0.5) is 13.2 Å². The second-order valence-electron chi connectivity index (χ2n) is 11.5. The van der Waals surface area contributed by atoms with Crippen LogP contribution in [0.25, 0.3) is 0 Å². The number of fused-ring (bicyclic) bond motifs is 1. The predicted molar refractivity (Wildman–Crippen MR) is 146 cm³/mol. The first-order valence-electron chi connectivity index (χ1n) is 13.4. The van der Waals surface area contributed by atoms with E-state index < -0.39 is 44.6 Å². The summed E-state index contributed by atoms with van der Waals surface area (Å²) in [6.45, 7) is 5.40. The van der Waals surface area contributed by atoms with Crippen molar-refractivity contribution in [2.75, 3.05) is 20.1 Å². The molecule has 0 spiro atoms. The molecule has 2 aromatic carbocycles. The molecular weight excluding hydrogens is 545 g/mol. The lowest BCUT2D eigenvalue weighted by Crippen LogP contribution is -2.47. The monoisotopic (exact) mass is 584 g/mol. The van der Waals surface area contributed by atoms with Crippen LogP contribution in [0, 0.1) is 11.8 Å². The molecule has 222 valence electrons. The van der Waals surface area contributed by atoms with E-state index >= 15 is 0 Å². The molecule has 0 bridgehead atoms. The van der Waals surface area contributed by atoms with Crippen LogP contribution in [-0.2, 0) is 40.3 Å². The smallest absolute Gasteiger partial charge is 0.416 e. The first-order valence-corrected chi connectivity index (χ1v) is 14.9. The Labute approximate surface area is 234 Å². The van der Waals surface area contributed by atoms with Crippen molar-refractivity contribution < 1.29 is 36.6 Å². The molecule has 2 unspecified atom stereocenters. The Balaban J connectivity index is 1.66. The van der Waals surface area contributed by atoms with Crippen LogP contribution < -0.4 is 5.32 Å². The van der Waals surface area contributed by atoms with Crippen molar-refractivity contribution in [2.45, 2.75) is 75.6 Å². The lowest BCUT2D eigenvalue weighted by atomic mass is 9.88. The average Bonchev–Trinajstić information content (AvgIpc) is 3.26. The lowest BCUT2D eigenvalue weighted by molar-refractivity contribution is -0.141. The summed E-state index contributed by atoms with van der Waals surface area (Å²) in [6.07, 6.45) is -3.18. The molecule has 3 N–H and O–H groups in total. The number of likely N-dealkylation sites (N-methyl/N-ethyl adjacent to an activating group) is 1. The molecule has 11 heteroatoms. The molecule has 3 rings (SSSR count). The molecule has 40 heavy (non-hydrogen) atoms. The van der Waals surface area contributed by atoms with Gasteiger partial charge in [0.1, 0.15) is 0 Å². The zero-order valence-electron chi connectivity index (χ0n) is 23.3. The number of carbonyl (C=O) groups is 1. The molecule has 0 saturated heterocycles. The normalized spacial score (nSPS) is 16.2. The van der Waals surface area contributed by atoms with Crippen LogP contribution in [-0.4, -0.2) is 60.7 Å². The summed E-state index contributed by atoms with van der Waals surface area (Å²) in [5.74, 6) is -1.67. The minimum absolute atomic E-state index is 0.0333. The molecule has 2 atom stereocenters. The number of halogens is 3. The van der Waals surface area contributed by atoms with Crippen LogP contribution >= 0.6 is 0 Å². The third-order valence-corrected chi connectivity index (χ3v) is 9.35. The largest absolute Gasteiger partial charge is 0.481 e. The van der Waals surface area contributed by atoms with Gasteiger partial charge in [0, 0.05) is 25.7 Å². The Hall–Kier alpha value is -2.47. The molecule has 0 heterocycles. The second-order valence-corrected chi connectivity index (χ2v) is 13.5. The molecule has 0 amide bonds. The highest BCUT2D eigenvalue weighted by molar-refractivity contribution is 7.89. The Bertz CT molecular complexity index is 1270. The van der Waals surface area contributed by atoms with Crippen molar-refractivity contribution in [2.24, 2.45) is 11.8 Å². The van der Waals surface area contributed by atoms with Gasteiger partial charge in [0.25, 0.3) is 0 Å². The number of hydrogen-bond acceptors (Lipinski definition) is 5. The van der Waals surface area contributed by atoms with Crippen molar-refractivity contribution in [3.63, 3.8) is 0 Å². The highest BCUT2D eigenvalue weighted by Crippen LogP contribution is 2.34. The van der Waals surface area contributed by atoms with Gasteiger partial charge in [0.05, 0.1) is 22.5 Å². The second kappa shape index (κ2) is 12.6. The van der Waals surface area contributed by atoms with Crippen LogP contribution in [0.2, 0.25) is 0 Å². The summed E-state index contributed by atoms with van der Waals surface area (Å²) >= 11 is 0. The van der Waals surface area contributed by atoms with Gasteiger partial charge in [-0.2, -0.15) is 17.5 Å². The number of carboxylic acids is 1. The van der Waals surface area contributed by atoms with Gasteiger partial charge in [-0.3, -0.25) is 4.79 Å². The third-order valence-electron chi connectivity index (χ3n) is 7.54. The van der Waals surface area contributed by atoms with Crippen molar-refractivity contribution >= 4 is 16.0 Å². The summed E-state index contributed by atoms with van der Waals surface area (Å²) in [5, 5.41) is 23.3. The number of sulfonamides is 1. The summed E-state index contributed by atoms with van der Waals surface area (Å²) in [6, 6.07) is 10.8. The van der Waals surface area contributed by atoms with Crippen LogP contribution in [0.5, 0.6) is 0 Å². The van der Waals surface area contributed by atoms with E-state index in [1.54, 1.807) is 6.92 Å². The fourth-order valence-electron chi connectivity index (χ4n) is 5.40. The topological polar surface area (TPSA) is 107 Å². The van der Waals surface area contributed by atoms with E-state index in [0.29, 0.717) is 12.0 Å². The maximum Gasteiger partial charge on any atom is 0.416 e. The fourth-order valence-corrected chi connectivity index (χ4v) is 6.71. The van der Waals surface area contributed by atoms with Gasteiger partial charge in [-0.05, 0) is 86.8 Å². The van der Waals surface area contributed by atoms with Gasteiger partial charge in [0.15, 0.2) is 0 Å². The van der Waals surface area contributed by atoms with Crippen molar-refractivity contribution in [1.29, 1.82) is 0 Å². The Kier molecular flexibility index (Phi) is 10.1. The molecule has 2 aromatic rings. The number of alkyl halides is 3. The quantitative estimate of drug-likeness (QED) is 0.320. The standard InChI is InChI=1S/C29H39F3N2O5S/c1-5-21(27(36)37)10-19-13-24(29(30,31)32)15-26(14-19)40(38,39)34(4)18-25(35)17-33-28(2,3)16-20-11-22-8-6-7-9-23(22)12-20/h6-9,13-15,20-21,25,33,35H,5,10-12,16-18H2,1-4H3,(H,36,37). The summed E-state index contributed by atoms with van der Waals surface area (Å²) < 4.78 is 68.1. The number of nitrogens with one attached hydrogen (secondary N) is 1. The molecule has 0 aromatic heterocycles. The number of aliphatic hydroxyl groups excluding tert-OH is 1. The zero-order valence-corrected chi connectivity index (χ0v) is 24.1. The van der Waals surface area contributed by atoms with Crippen LogP contribution in [0.1, 0.15) is 55.9 Å². The maximum absolute atomic E-state index is 13.6. The summed E-state index contributed by atoms with van der Waals surface area (Å²) in [5.41, 5.74) is 1.16. The van der Waals surface area contributed by atoms with Gasteiger partial charge in [-0.25, -0.2) is 8.42 Å². The molecule has 0 saturated carbocycles. The first-order chi connectivity index (χ1) is 18.5. The van der Waals surface area contributed by atoms with Crippen LogP contribution in [0.3, 0.4) is 0 Å². The third kappa shape index (κ3) is 8.28. The number of aliphatic carboxylic acids is 1. The first kappa shape index (κ1) is 32.0. The SMILES string of the molecule is CCC(Cc1cc(C(F)(F)F)cc(S(=O)(=O)N(C)CC(O)CNC(C)(C)CC2Cc3ccccc3C2)c1)C(=O)O. The highest BCUT2D eigenvalue weighted by Gasteiger charge is 2.34. The van der Waals surface area contributed by atoms with Gasteiger partial charge >= 0.3 is 12.1 Å². The molecule has 0 aliphatic heterocycles. The number of benzene rings is 2. The van der Waals surface area contributed by atoms with E-state index in [1.165, 1.54) is 18.2 Å². The molecule has 1 aliphatic carbocycles. The van der Waals surface area contributed by atoms with E-state index in [-0.39, 0.29) is 37.0 Å². The van der Waals surface area contributed by atoms with Gasteiger partial charge < -0.3 is 15.5 Å². The minimum atomic E-state index is -4.82. The number of β-amino-alcohol motifs (C(OH)–C–C–N with tert-alkyl or cyclic N) is 1. The van der Waals surface area contributed by atoms with E-state index in [4.69, 9.17) is 0 Å². The lowest BCUT2D eigenvalue weighted by Gasteiger charge is -2.31. The Morgan fingerprint density at radius 2 is 1.73 bits per heavy atom. The van der Waals surface area contributed by atoms with Gasteiger partial charge in [-0.15, -0.1) is 0 Å². The number of nitrogens with zero attached hydrogens (tertiary/aromatic N) is 1. The molecule has 0 fully saturated rings. The Morgan fingerprint density at radius 3 is 2.25 bits per heavy atom. The molecule has 0 radical (unpaired) electrons.